The van der Waals surface area contributed by atoms with Crippen molar-refractivity contribution in [2.24, 2.45) is 0 Å². The number of aryl methyl sites for hydroxylation is 1. The van der Waals surface area contributed by atoms with E-state index in [2.05, 4.69) is 41.5 Å². The molecule has 0 saturated heterocycles. The van der Waals surface area contributed by atoms with Crippen LogP contribution in [-0.4, -0.2) is 4.98 Å². The molecule has 1 heterocycles. The number of nitrogens with two attached hydrogens (primary N) is 1. The van der Waals surface area contributed by atoms with Gasteiger partial charge in [-0.1, -0.05) is 43.1 Å². The number of benzene rings is 1. The molecule has 0 bridgehead atoms. The molecule has 0 aliphatic heterocycles. The van der Waals surface area contributed by atoms with Crippen LogP contribution in [0.25, 0.3) is 0 Å². The zero-order chi connectivity index (χ0) is 14.4. The largest absolute Gasteiger partial charge is 0.383 e. The van der Waals surface area contributed by atoms with Crippen LogP contribution in [0.3, 0.4) is 0 Å². The molecule has 106 valence electrons. The van der Waals surface area contributed by atoms with Gasteiger partial charge in [-0.15, -0.1) is 0 Å². The number of nitrogen functional groups attached to an aromatic ring is 1. The third kappa shape index (κ3) is 4.14. The zero-order valence-electron chi connectivity index (χ0n) is 11.7. The maximum absolute atomic E-state index is 5.83. The number of anilines is 2. The molecule has 0 atom stereocenters. The SMILES string of the molecule is CCCCc1ccc(NCc2ccc(Cl)nc2N)cc1. The Morgan fingerprint density at radius 2 is 1.90 bits per heavy atom. The summed E-state index contributed by atoms with van der Waals surface area (Å²) in [7, 11) is 0. The predicted molar refractivity (Wildman–Crippen MR) is 86.0 cm³/mol. The summed E-state index contributed by atoms with van der Waals surface area (Å²) in [4.78, 5) is 4.04. The fraction of sp³-hybridized carbons (Fsp3) is 0.312. The quantitative estimate of drug-likeness (QED) is 0.781. The van der Waals surface area contributed by atoms with Crippen molar-refractivity contribution in [2.45, 2.75) is 32.7 Å². The van der Waals surface area contributed by atoms with Gasteiger partial charge in [-0.05, 0) is 36.6 Å². The van der Waals surface area contributed by atoms with E-state index < -0.39 is 0 Å². The van der Waals surface area contributed by atoms with E-state index in [4.69, 9.17) is 17.3 Å². The van der Waals surface area contributed by atoms with E-state index in [-0.39, 0.29) is 0 Å². The summed E-state index contributed by atoms with van der Waals surface area (Å²) in [5.41, 5.74) is 9.24. The molecule has 1 aromatic heterocycles. The minimum Gasteiger partial charge on any atom is -0.383 e. The van der Waals surface area contributed by atoms with Crippen LogP contribution in [0.4, 0.5) is 11.5 Å². The normalized spacial score (nSPS) is 10.5. The Morgan fingerprint density at radius 3 is 2.55 bits per heavy atom. The van der Waals surface area contributed by atoms with Crippen molar-refractivity contribution in [2.75, 3.05) is 11.1 Å². The molecule has 0 fully saturated rings. The first-order chi connectivity index (χ1) is 9.69. The summed E-state index contributed by atoms with van der Waals surface area (Å²) >= 11 is 5.78. The van der Waals surface area contributed by atoms with Crippen LogP contribution in [0.2, 0.25) is 5.15 Å². The summed E-state index contributed by atoms with van der Waals surface area (Å²) in [5, 5.41) is 3.76. The molecule has 0 radical (unpaired) electrons. The van der Waals surface area contributed by atoms with Gasteiger partial charge in [-0.3, -0.25) is 0 Å². The minimum absolute atomic E-state index is 0.423. The maximum atomic E-state index is 5.83. The molecule has 20 heavy (non-hydrogen) atoms. The van der Waals surface area contributed by atoms with Crippen LogP contribution in [0.1, 0.15) is 30.9 Å². The van der Waals surface area contributed by atoms with Crippen LogP contribution in [0, 0.1) is 0 Å². The third-order valence-electron chi connectivity index (χ3n) is 3.23. The summed E-state index contributed by atoms with van der Waals surface area (Å²) in [6.07, 6.45) is 3.60. The number of aromatic nitrogens is 1. The first-order valence-corrected chi connectivity index (χ1v) is 7.30. The lowest BCUT2D eigenvalue weighted by Crippen LogP contribution is -2.04. The highest BCUT2D eigenvalue weighted by atomic mass is 35.5. The highest BCUT2D eigenvalue weighted by molar-refractivity contribution is 6.29. The Morgan fingerprint density at radius 1 is 1.15 bits per heavy atom. The predicted octanol–water partition coefficient (Wildman–Crippen LogP) is 4.27. The molecular weight excluding hydrogens is 270 g/mol. The van der Waals surface area contributed by atoms with E-state index in [1.807, 2.05) is 6.07 Å². The second kappa shape index (κ2) is 7.15. The highest BCUT2D eigenvalue weighted by Gasteiger charge is 2.01. The number of rotatable bonds is 6. The molecule has 0 spiro atoms. The molecule has 0 amide bonds. The maximum Gasteiger partial charge on any atom is 0.131 e. The molecule has 0 saturated carbocycles. The zero-order valence-corrected chi connectivity index (χ0v) is 12.5. The topological polar surface area (TPSA) is 50.9 Å². The van der Waals surface area contributed by atoms with Crippen molar-refractivity contribution in [1.82, 2.24) is 4.98 Å². The minimum atomic E-state index is 0.423. The Labute approximate surface area is 125 Å². The number of nitrogens with zero attached hydrogens (tertiary/aromatic N) is 1. The Bertz CT molecular complexity index is 552. The smallest absolute Gasteiger partial charge is 0.131 e. The number of pyridine rings is 1. The van der Waals surface area contributed by atoms with Gasteiger partial charge in [0.15, 0.2) is 0 Å². The summed E-state index contributed by atoms with van der Waals surface area (Å²) < 4.78 is 0. The second-order valence-electron chi connectivity index (χ2n) is 4.83. The number of nitrogens with one attached hydrogen (secondary N) is 1. The third-order valence-corrected chi connectivity index (χ3v) is 3.44. The standard InChI is InChI=1S/C16H20ClN3/c1-2-3-4-12-5-8-14(9-6-12)19-11-13-7-10-15(17)20-16(13)18/h5-10,19H,2-4,11H2,1H3,(H2,18,20). The lowest BCUT2D eigenvalue weighted by molar-refractivity contribution is 0.795. The van der Waals surface area contributed by atoms with Gasteiger partial charge in [0, 0.05) is 17.8 Å². The summed E-state index contributed by atoms with van der Waals surface area (Å²) in [6.45, 7) is 2.85. The number of halogens is 1. The molecule has 3 N–H and O–H groups in total. The van der Waals surface area contributed by atoms with E-state index in [0.29, 0.717) is 17.5 Å². The molecule has 2 aromatic rings. The van der Waals surface area contributed by atoms with Crippen LogP contribution in [0.5, 0.6) is 0 Å². The molecule has 4 heteroatoms. The molecule has 0 aliphatic carbocycles. The Balaban J connectivity index is 1.93. The van der Waals surface area contributed by atoms with Crippen LogP contribution < -0.4 is 11.1 Å². The fourth-order valence-corrected chi connectivity index (χ4v) is 2.15. The van der Waals surface area contributed by atoms with E-state index in [1.165, 1.54) is 18.4 Å². The molecular formula is C16H20ClN3. The average Bonchev–Trinajstić information content (AvgIpc) is 2.45. The van der Waals surface area contributed by atoms with Gasteiger partial charge in [0.25, 0.3) is 0 Å². The molecule has 0 aliphatic rings. The van der Waals surface area contributed by atoms with E-state index in [0.717, 1.165) is 17.7 Å². The van der Waals surface area contributed by atoms with Gasteiger partial charge in [-0.2, -0.15) is 0 Å². The second-order valence-corrected chi connectivity index (χ2v) is 5.22. The van der Waals surface area contributed by atoms with Gasteiger partial charge >= 0.3 is 0 Å². The van der Waals surface area contributed by atoms with Crippen molar-refractivity contribution < 1.29 is 0 Å². The van der Waals surface area contributed by atoms with Crippen LogP contribution >= 0.6 is 11.6 Å². The van der Waals surface area contributed by atoms with Crippen molar-refractivity contribution in [3.8, 4) is 0 Å². The van der Waals surface area contributed by atoms with Gasteiger partial charge in [0.1, 0.15) is 11.0 Å². The first kappa shape index (κ1) is 14.7. The monoisotopic (exact) mass is 289 g/mol. The van der Waals surface area contributed by atoms with E-state index in [9.17, 15) is 0 Å². The van der Waals surface area contributed by atoms with Crippen molar-refractivity contribution >= 4 is 23.1 Å². The van der Waals surface area contributed by atoms with Crippen molar-refractivity contribution in [3.05, 3.63) is 52.7 Å². The Kier molecular flexibility index (Phi) is 5.24. The van der Waals surface area contributed by atoms with Crippen LogP contribution in [-0.2, 0) is 13.0 Å². The van der Waals surface area contributed by atoms with Gasteiger partial charge < -0.3 is 11.1 Å². The lowest BCUT2D eigenvalue weighted by Gasteiger charge is -2.09. The van der Waals surface area contributed by atoms with Gasteiger partial charge in [0.2, 0.25) is 0 Å². The summed E-state index contributed by atoms with van der Waals surface area (Å²) in [6, 6.07) is 12.2. The molecule has 0 unspecified atom stereocenters. The van der Waals surface area contributed by atoms with E-state index >= 15 is 0 Å². The van der Waals surface area contributed by atoms with Crippen LogP contribution in [0.15, 0.2) is 36.4 Å². The van der Waals surface area contributed by atoms with Crippen molar-refractivity contribution in [3.63, 3.8) is 0 Å². The fourth-order valence-electron chi connectivity index (χ4n) is 2.00. The van der Waals surface area contributed by atoms with E-state index in [1.54, 1.807) is 6.07 Å². The first-order valence-electron chi connectivity index (χ1n) is 6.92. The average molecular weight is 290 g/mol. The van der Waals surface area contributed by atoms with Crippen molar-refractivity contribution in [1.29, 1.82) is 0 Å². The molecule has 2 rings (SSSR count). The number of hydrogen-bond acceptors (Lipinski definition) is 3. The number of unbranched alkanes of at least 4 members (excludes halogenated alkanes) is 1. The summed E-state index contributed by atoms with van der Waals surface area (Å²) in [5.74, 6) is 0.476. The highest BCUT2D eigenvalue weighted by Crippen LogP contribution is 2.16. The van der Waals surface area contributed by atoms with Gasteiger partial charge in [-0.25, -0.2) is 4.98 Å². The molecule has 3 nitrogen and oxygen atoms in total. The van der Waals surface area contributed by atoms with Gasteiger partial charge in [0.05, 0.1) is 0 Å². The Hall–Kier alpha value is -1.74. The molecule has 1 aromatic carbocycles. The lowest BCUT2D eigenvalue weighted by atomic mass is 10.1. The number of hydrogen-bond donors (Lipinski definition) is 2.